The zero-order chi connectivity index (χ0) is 18.4. The summed E-state index contributed by atoms with van der Waals surface area (Å²) in [6, 6.07) is -0.761. The minimum atomic E-state index is -0.434. The summed E-state index contributed by atoms with van der Waals surface area (Å²) in [6.45, 7) is 7.67. The lowest BCUT2D eigenvalue weighted by atomic mass is 9.97. The van der Waals surface area contributed by atoms with Crippen molar-refractivity contribution in [1.29, 1.82) is 0 Å². The smallest absolute Gasteiger partial charge is 0.337 e. The Balaban J connectivity index is 2.13. The number of carbonyl (C=O) groups is 3. The van der Waals surface area contributed by atoms with E-state index in [1.165, 1.54) is 0 Å². The maximum absolute atomic E-state index is 12.3. The second-order valence-electron chi connectivity index (χ2n) is 6.26. The SMILES string of the molecule is CCOC(=O)C1=C(CN2CCCC(C(=O)OCC)C2)NC(=O)NC1C. The van der Waals surface area contributed by atoms with Gasteiger partial charge in [-0.15, -0.1) is 0 Å². The van der Waals surface area contributed by atoms with E-state index in [4.69, 9.17) is 9.47 Å². The van der Waals surface area contributed by atoms with E-state index in [0.29, 0.717) is 31.0 Å². The third-order valence-electron chi connectivity index (χ3n) is 4.37. The molecule has 0 saturated carbocycles. The molecule has 1 fully saturated rings. The summed E-state index contributed by atoms with van der Waals surface area (Å²) in [5.41, 5.74) is 0.971. The summed E-state index contributed by atoms with van der Waals surface area (Å²) < 4.78 is 10.2. The zero-order valence-electron chi connectivity index (χ0n) is 15.1. The number of amides is 2. The van der Waals surface area contributed by atoms with Crippen LogP contribution in [0.4, 0.5) is 4.79 Å². The van der Waals surface area contributed by atoms with Crippen LogP contribution >= 0.6 is 0 Å². The topological polar surface area (TPSA) is 97.0 Å². The van der Waals surface area contributed by atoms with Crippen molar-refractivity contribution in [2.45, 2.75) is 39.7 Å². The van der Waals surface area contributed by atoms with Crippen LogP contribution in [0, 0.1) is 5.92 Å². The molecule has 0 aliphatic carbocycles. The van der Waals surface area contributed by atoms with Gasteiger partial charge < -0.3 is 20.1 Å². The fraction of sp³-hybridized carbons (Fsp3) is 0.706. The van der Waals surface area contributed by atoms with Crippen LogP contribution in [0.25, 0.3) is 0 Å². The monoisotopic (exact) mass is 353 g/mol. The highest BCUT2D eigenvalue weighted by molar-refractivity contribution is 5.94. The molecular formula is C17H27N3O5. The highest BCUT2D eigenvalue weighted by Crippen LogP contribution is 2.21. The molecule has 8 heteroatoms. The van der Waals surface area contributed by atoms with Gasteiger partial charge in [0.05, 0.1) is 30.7 Å². The van der Waals surface area contributed by atoms with E-state index in [-0.39, 0.29) is 24.5 Å². The number of likely N-dealkylation sites (tertiary alicyclic amines) is 1. The molecule has 0 spiro atoms. The predicted molar refractivity (Wildman–Crippen MR) is 90.6 cm³/mol. The first kappa shape index (κ1) is 19.2. The molecular weight excluding hydrogens is 326 g/mol. The van der Waals surface area contributed by atoms with Gasteiger partial charge >= 0.3 is 18.0 Å². The second-order valence-corrected chi connectivity index (χ2v) is 6.26. The van der Waals surface area contributed by atoms with Crippen molar-refractivity contribution in [2.75, 3.05) is 32.8 Å². The number of nitrogens with one attached hydrogen (secondary N) is 2. The lowest BCUT2D eigenvalue weighted by Crippen LogP contribution is -2.52. The molecule has 1 saturated heterocycles. The van der Waals surface area contributed by atoms with Crippen molar-refractivity contribution in [3.63, 3.8) is 0 Å². The van der Waals surface area contributed by atoms with E-state index in [2.05, 4.69) is 15.5 Å². The van der Waals surface area contributed by atoms with Crippen molar-refractivity contribution in [3.8, 4) is 0 Å². The van der Waals surface area contributed by atoms with Gasteiger partial charge in [0.2, 0.25) is 0 Å². The van der Waals surface area contributed by atoms with E-state index in [1.54, 1.807) is 20.8 Å². The van der Waals surface area contributed by atoms with Gasteiger partial charge in [-0.05, 0) is 40.2 Å². The second kappa shape index (κ2) is 8.84. The van der Waals surface area contributed by atoms with Gasteiger partial charge in [0.15, 0.2) is 0 Å². The van der Waals surface area contributed by atoms with Gasteiger partial charge in [0.25, 0.3) is 0 Å². The van der Waals surface area contributed by atoms with Crippen molar-refractivity contribution in [2.24, 2.45) is 5.92 Å². The number of urea groups is 1. The number of ether oxygens (including phenoxy) is 2. The highest BCUT2D eigenvalue weighted by Gasteiger charge is 2.32. The Bertz CT molecular complexity index is 560. The standard InChI is InChI=1S/C17H27N3O5/c1-4-24-15(21)12-7-6-8-20(9-12)10-13-14(16(22)25-5-2)11(3)18-17(23)19-13/h11-12H,4-10H2,1-3H3,(H2,18,19,23). The highest BCUT2D eigenvalue weighted by atomic mass is 16.5. The molecule has 0 aromatic rings. The number of rotatable bonds is 6. The first-order valence-electron chi connectivity index (χ1n) is 8.82. The van der Waals surface area contributed by atoms with Gasteiger partial charge in [0, 0.05) is 18.8 Å². The Morgan fingerprint density at radius 2 is 1.96 bits per heavy atom. The Morgan fingerprint density at radius 3 is 2.64 bits per heavy atom. The minimum absolute atomic E-state index is 0.171. The van der Waals surface area contributed by atoms with Gasteiger partial charge in [-0.2, -0.15) is 0 Å². The summed E-state index contributed by atoms with van der Waals surface area (Å²) in [5, 5.41) is 5.40. The van der Waals surface area contributed by atoms with Crippen LogP contribution in [0.15, 0.2) is 11.3 Å². The molecule has 0 bridgehead atoms. The third kappa shape index (κ3) is 4.94. The third-order valence-corrected chi connectivity index (χ3v) is 4.37. The van der Waals surface area contributed by atoms with E-state index >= 15 is 0 Å². The normalized spacial score (nSPS) is 24.4. The summed E-state index contributed by atoms with van der Waals surface area (Å²) in [4.78, 5) is 38.1. The van der Waals surface area contributed by atoms with Crippen LogP contribution in [0.5, 0.6) is 0 Å². The molecule has 140 valence electrons. The molecule has 0 aromatic carbocycles. The van der Waals surface area contributed by atoms with Crippen molar-refractivity contribution in [3.05, 3.63) is 11.3 Å². The Morgan fingerprint density at radius 1 is 1.24 bits per heavy atom. The molecule has 2 amide bonds. The van der Waals surface area contributed by atoms with Crippen molar-refractivity contribution >= 4 is 18.0 Å². The number of hydrogen-bond acceptors (Lipinski definition) is 6. The Hall–Kier alpha value is -2.09. The van der Waals surface area contributed by atoms with Crippen LogP contribution < -0.4 is 10.6 Å². The van der Waals surface area contributed by atoms with Crippen LogP contribution in [-0.4, -0.2) is 61.8 Å². The molecule has 2 rings (SSSR count). The van der Waals surface area contributed by atoms with E-state index in [9.17, 15) is 14.4 Å². The van der Waals surface area contributed by atoms with Crippen molar-refractivity contribution in [1.82, 2.24) is 15.5 Å². The lowest BCUT2D eigenvalue weighted by molar-refractivity contribution is -0.150. The van der Waals surface area contributed by atoms with Crippen LogP contribution in [0.1, 0.15) is 33.6 Å². The Kier molecular flexibility index (Phi) is 6.81. The fourth-order valence-electron chi connectivity index (χ4n) is 3.28. The quantitative estimate of drug-likeness (QED) is 0.685. The van der Waals surface area contributed by atoms with E-state index < -0.39 is 12.0 Å². The minimum Gasteiger partial charge on any atom is -0.466 e. The van der Waals surface area contributed by atoms with Crippen molar-refractivity contribution < 1.29 is 23.9 Å². The number of hydrogen-bond donors (Lipinski definition) is 2. The molecule has 2 atom stereocenters. The molecule has 2 aliphatic heterocycles. The molecule has 2 heterocycles. The molecule has 8 nitrogen and oxygen atoms in total. The molecule has 2 N–H and O–H groups in total. The van der Waals surface area contributed by atoms with Gasteiger partial charge in [-0.3, -0.25) is 9.69 Å². The zero-order valence-corrected chi connectivity index (χ0v) is 15.1. The molecule has 25 heavy (non-hydrogen) atoms. The summed E-state index contributed by atoms with van der Waals surface area (Å²) >= 11 is 0. The van der Waals surface area contributed by atoms with Gasteiger partial charge in [0.1, 0.15) is 0 Å². The number of carbonyl (C=O) groups excluding carboxylic acids is 3. The molecule has 2 unspecified atom stereocenters. The fourth-order valence-corrected chi connectivity index (χ4v) is 3.28. The molecule has 0 aromatic heterocycles. The predicted octanol–water partition coefficient (Wildman–Crippen LogP) is 0.780. The average molecular weight is 353 g/mol. The van der Waals surface area contributed by atoms with E-state index in [1.807, 2.05) is 0 Å². The maximum Gasteiger partial charge on any atom is 0.337 e. The first-order chi connectivity index (χ1) is 12.0. The maximum atomic E-state index is 12.3. The Labute approximate surface area is 147 Å². The lowest BCUT2D eigenvalue weighted by Gasteiger charge is -2.34. The van der Waals surface area contributed by atoms with Gasteiger partial charge in [-0.25, -0.2) is 9.59 Å². The number of nitrogens with zero attached hydrogens (tertiary/aromatic N) is 1. The summed E-state index contributed by atoms with van der Waals surface area (Å²) in [5.74, 6) is -0.791. The van der Waals surface area contributed by atoms with E-state index in [0.717, 1.165) is 19.4 Å². The average Bonchev–Trinajstić information content (AvgIpc) is 2.55. The molecule has 0 radical (unpaired) electrons. The summed E-state index contributed by atoms with van der Waals surface area (Å²) in [7, 11) is 0. The number of piperidine rings is 1. The number of esters is 2. The van der Waals surface area contributed by atoms with Crippen LogP contribution in [0.2, 0.25) is 0 Å². The van der Waals surface area contributed by atoms with Crippen LogP contribution in [-0.2, 0) is 19.1 Å². The first-order valence-corrected chi connectivity index (χ1v) is 8.82. The van der Waals surface area contributed by atoms with Crippen LogP contribution in [0.3, 0.4) is 0 Å². The largest absolute Gasteiger partial charge is 0.466 e. The van der Waals surface area contributed by atoms with Gasteiger partial charge in [-0.1, -0.05) is 0 Å². The summed E-state index contributed by atoms with van der Waals surface area (Å²) in [6.07, 6.45) is 1.66. The molecule has 2 aliphatic rings.